The minimum Gasteiger partial charge on any atom is -0.481 e. The maximum atomic E-state index is 10.9. The zero-order valence-electron chi connectivity index (χ0n) is 11.2. The topological polar surface area (TPSA) is 90.2 Å². The van der Waals surface area contributed by atoms with E-state index in [1.165, 1.54) is 13.2 Å². The molecule has 1 N–H and O–H groups in total. The van der Waals surface area contributed by atoms with Gasteiger partial charge in [-0.15, -0.1) is 0 Å². The first-order valence-corrected chi connectivity index (χ1v) is 5.96. The van der Waals surface area contributed by atoms with Gasteiger partial charge < -0.3 is 10.1 Å². The van der Waals surface area contributed by atoms with E-state index in [2.05, 4.69) is 15.3 Å². The number of methoxy groups -OCH3 is 1. The van der Waals surface area contributed by atoms with E-state index < -0.39 is 4.92 Å². The van der Waals surface area contributed by atoms with Gasteiger partial charge in [-0.1, -0.05) is 18.2 Å². The molecule has 0 bridgehead atoms. The van der Waals surface area contributed by atoms with Crippen molar-refractivity contribution < 1.29 is 9.66 Å². The van der Waals surface area contributed by atoms with E-state index in [-0.39, 0.29) is 5.69 Å². The van der Waals surface area contributed by atoms with Gasteiger partial charge in [0.05, 0.1) is 12.0 Å². The second kappa shape index (κ2) is 5.96. The van der Waals surface area contributed by atoms with Crippen molar-refractivity contribution in [1.82, 2.24) is 9.97 Å². The largest absolute Gasteiger partial charge is 0.481 e. The van der Waals surface area contributed by atoms with Crippen molar-refractivity contribution in [1.29, 1.82) is 0 Å². The predicted molar refractivity (Wildman–Crippen MR) is 73.7 cm³/mol. The lowest BCUT2D eigenvalue weighted by atomic mass is 10.2. The van der Waals surface area contributed by atoms with Crippen molar-refractivity contribution in [3.05, 3.63) is 51.8 Å². The average Bonchev–Trinajstić information content (AvgIpc) is 2.44. The highest BCUT2D eigenvalue weighted by molar-refractivity contribution is 5.44. The summed E-state index contributed by atoms with van der Waals surface area (Å²) in [5, 5.41) is 14.0. The molecule has 0 aliphatic carbocycles. The van der Waals surface area contributed by atoms with Crippen molar-refractivity contribution in [2.45, 2.75) is 13.5 Å². The third-order valence-electron chi connectivity index (χ3n) is 2.67. The highest BCUT2D eigenvalue weighted by Gasteiger charge is 2.12. The highest BCUT2D eigenvalue weighted by atomic mass is 16.6. The number of nitro benzene ring substituents is 1. The molecule has 0 atom stereocenters. The first-order valence-electron chi connectivity index (χ1n) is 5.96. The zero-order chi connectivity index (χ0) is 14.5. The van der Waals surface area contributed by atoms with Gasteiger partial charge in [-0.2, -0.15) is 4.98 Å². The standard InChI is InChI=1S/C13H14N4O3/c1-9-15-12(7-13(16-9)20-2)14-8-10-5-3-4-6-11(10)17(18)19/h3-7H,8H2,1-2H3,(H,14,15,16). The molecule has 1 aromatic carbocycles. The molecule has 0 spiro atoms. The van der Waals surface area contributed by atoms with Crippen LogP contribution in [0, 0.1) is 17.0 Å². The Morgan fingerprint density at radius 2 is 2.10 bits per heavy atom. The van der Waals surface area contributed by atoms with Crippen LogP contribution in [0.4, 0.5) is 11.5 Å². The molecule has 7 heteroatoms. The number of aromatic nitrogens is 2. The van der Waals surface area contributed by atoms with E-state index >= 15 is 0 Å². The Hall–Kier alpha value is -2.70. The van der Waals surface area contributed by atoms with Crippen LogP contribution < -0.4 is 10.1 Å². The maximum Gasteiger partial charge on any atom is 0.274 e. The van der Waals surface area contributed by atoms with Gasteiger partial charge in [0.1, 0.15) is 11.6 Å². The highest BCUT2D eigenvalue weighted by Crippen LogP contribution is 2.19. The SMILES string of the molecule is COc1cc(NCc2ccccc2[N+](=O)[O-])nc(C)n1. The fraction of sp³-hybridized carbons (Fsp3) is 0.231. The van der Waals surface area contributed by atoms with Gasteiger partial charge in [0.2, 0.25) is 5.88 Å². The Morgan fingerprint density at radius 1 is 1.35 bits per heavy atom. The number of nitrogens with zero attached hydrogens (tertiary/aromatic N) is 3. The van der Waals surface area contributed by atoms with Crippen LogP contribution in [-0.4, -0.2) is 22.0 Å². The van der Waals surface area contributed by atoms with E-state index in [4.69, 9.17) is 4.74 Å². The maximum absolute atomic E-state index is 10.9. The predicted octanol–water partition coefficient (Wildman–Crippen LogP) is 2.31. The molecule has 104 valence electrons. The fourth-order valence-corrected chi connectivity index (χ4v) is 1.76. The molecule has 0 aliphatic heterocycles. The molecule has 0 unspecified atom stereocenters. The van der Waals surface area contributed by atoms with Crippen molar-refractivity contribution in [3.8, 4) is 5.88 Å². The summed E-state index contributed by atoms with van der Waals surface area (Å²) in [4.78, 5) is 18.8. The van der Waals surface area contributed by atoms with Crippen LogP contribution in [-0.2, 0) is 6.54 Å². The lowest BCUT2D eigenvalue weighted by Crippen LogP contribution is -2.06. The van der Waals surface area contributed by atoms with Crippen LogP contribution in [0.15, 0.2) is 30.3 Å². The van der Waals surface area contributed by atoms with Crippen LogP contribution >= 0.6 is 0 Å². The average molecular weight is 274 g/mol. The number of nitrogens with one attached hydrogen (secondary N) is 1. The van der Waals surface area contributed by atoms with Crippen LogP contribution in [0.2, 0.25) is 0 Å². The minimum atomic E-state index is -0.400. The summed E-state index contributed by atoms with van der Waals surface area (Å²) in [6, 6.07) is 8.22. The lowest BCUT2D eigenvalue weighted by molar-refractivity contribution is -0.385. The molecule has 0 aliphatic rings. The van der Waals surface area contributed by atoms with E-state index in [0.717, 1.165) is 0 Å². The fourth-order valence-electron chi connectivity index (χ4n) is 1.76. The molecule has 0 radical (unpaired) electrons. The molecule has 2 rings (SSSR count). The first-order chi connectivity index (χ1) is 9.60. The molecule has 1 heterocycles. The van der Waals surface area contributed by atoms with E-state index in [0.29, 0.717) is 29.6 Å². The Bertz CT molecular complexity index is 631. The Morgan fingerprint density at radius 3 is 2.80 bits per heavy atom. The number of anilines is 1. The van der Waals surface area contributed by atoms with Gasteiger partial charge in [0.25, 0.3) is 5.69 Å². The number of nitro groups is 1. The quantitative estimate of drug-likeness (QED) is 0.664. The third-order valence-corrected chi connectivity index (χ3v) is 2.67. The molecule has 1 aromatic heterocycles. The molecular weight excluding hydrogens is 260 g/mol. The number of rotatable bonds is 5. The monoisotopic (exact) mass is 274 g/mol. The van der Waals surface area contributed by atoms with E-state index in [1.807, 2.05) is 0 Å². The van der Waals surface area contributed by atoms with E-state index in [1.54, 1.807) is 31.2 Å². The summed E-state index contributed by atoms with van der Waals surface area (Å²) in [5.41, 5.74) is 0.672. The van der Waals surface area contributed by atoms with E-state index in [9.17, 15) is 10.1 Å². The molecule has 0 fully saturated rings. The van der Waals surface area contributed by atoms with Crippen molar-refractivity contribution in [3.63, 3.8) is 0 Å². The lowest BCUT2D eigenvalue weighted by Gasteiger charge is -2.08. The number of hydrogen-bond acceptors (Lipinski definition) is 6. The number of para-hydroxylation sites is 1. The van der Waals surface area contributed by atoms with Crippen molar-refractivity contribution in [2.75, 3.05) is 12.4 Å². The van der Waals surface area contributed by atoms with Gasteiger partial charge in [-0.05, 0) is 6.92 Å². The van der Waals surface area contributed by atoms with Gasteiger partial charge in [-0.3, -0.25) is 10.1 Å². The number of ether oxygens (including phenoxy) is 1. The molecule has 0 saturated heterocycles. The minimum absolute atomic E-state index is 0.0812. The number of hydrogen-bond donors (Lipinski definition) is 1. The van der Waals surface area contributed by atoms with Gasteiger partial charge >= 0.3 is 0 Å². The van der Waals surface area contributed by atoms with Crippen LogP contribution in [0.3, 0.4) is 0 Å². The van der Waals surface area contributed by atoms with Crippen molar-refractivity contribution >= 4 is 11.5 Å². The summed E-state index contributed by atoms with van der Waals surface area (Å²) in [7, 11) is 1.52. The number of benzene rings is 1. The zero-order valence-corrected chi connectivity index (χ0v) is 11.2. The third kappa shape index (κ3) is 3.19. The summed E-state index contributed by atoms with van der Waals surface area (Å²) < 4.78 is 5.05. The molecule has 0 amide bonds. The van der Waals surface area contributed by atoms with Gasteiger partial charge in [-0.25, -0.2) is 4.98 Å². The molecular formula is C13H14N4O3. The first kappa shape index (κ1) is 13.7. The summed E-state index contributed by atoms with van der Waals surface area (Å²) in [6.45, 7) is 2.05. The van der Waals surface area contributed by atoms with Crippen LogP contribution in [0.1, 0.15) is 11.4 Å². The molecule has 20 heavy (non-hydrogen) atoms. The van der Waals surface area contributed by atoms with Crippen LogP contribution in [0.5, 0.6) is 5.88 Å². The summed E-state index contributed by atoms with van der Waals surface area (Å²) >= 11 is 0. The van der Waals surface area contributed by atoms with Gasteiger partial charge in [0, 0.05) is 24.2 Å². The normalized spacial score (nSPS) is 10.1. The van der Waals surface area contributed by atoms with Crippen molar-refractivity contribution in [2.24, 2.45) is 0 Å². The Labute approximate surface area is 115 Å². The van der Waals surface area contributed by atoms with Gasteiger partial charge in [0.15, 0.2) is 0 Å². The summed E-state index contributed by atoms with van der Waals surface area (Å²) in [6.07, 6.45) is 0. The second-order valence-corrected chi connectivity index (χ2v) is 4.08. The molecule has 7 nitrogen and oxygen atoms in total. The number of aryl methyl sites for hydroxylation is 1. The summed E-state index contributed by atoms with van der Waals surface area (Å²) in [5.74, 6) is 1.57. The molecule has 0 saturated carbocycles. The molecule has 2 aromatic rings. The van der Waals surface area contributed by atoms with Crippen LogP contribution in [0.25, 0.3) is 0 Å². The second-order valence-electron chi connectivity index (χ2n) is 4.08. The smallest absolute Gasteiger partial charge is 0.274 e. The Kier molecular flexibility index (Phi) is 4.09. The Balaban J connectivity index is 2.17.